The largest absolute Gasteiger partial charge is 0.480 e. The number of hydrogen-bond acceptors (Lipinski definition) is 4. The van der Waals surface area contributed by atoms with Gasteiger partial charge in [-0.2, -0.15) is 4.31 Å². The molecule has 0 spiro atoms. The van der Waals surface area contributed by atoms with E-state index in [2.05, 4.69) is 0 Å². The molecule has 1 aliphatic rings. The molecule has 0 saturated carbocycles. The quantitative estimate of drug-likeness (QED) is 0.928. The van der Waals surface area contributed by atoms with Crippen LogP contribution in [0.15, 0.2) is 16.3 Å². The topological polar surface area (TPSA) is 74.7 Å². The monoisotopic (exact) mass is 317 g/mol. The van der Waals surface area contributed by atoms with Gasteiger partial charge in [0, 0.05) is 11.4 Å². The Kier molecular flexibility index (Phi) is 3.96. The average molecular weight is 317 g/mol. The van der Waals surface area contributed by atoms with E-state index in [1.54, 1.807) is 6.07 Å². The van der Waals surface area contributed by atoms with E-state index in [9.17, 15) is 13.2 Å². The number of carbonyl (C=O) groups is 1. The highest BCUT2D eigenvalue weighted by atomic mass is 32.2. The molecular formula is C13H19NO4S2. The van der Waals surface area contributed by atoms with E-state index in [-0.39, 0.29) is 16.2 Å². The van der Waals surface area contributed by atoms with Crippen LogP contribution in [0.1, 0.15) is 38.5 Å². The van der Waals surface area contributed by atoms with Crippen molar-refractivity contribution in [1.82, 2.24) is 4.31 Å². The van der Waals surface area contributed by atoms with Gasteiger partial charge in [0.15, 0.2) is 0 Å². The number of carboxylic acid groups (broad SMARTS) is 1. The van der Waals surface area contributed by atoms with E-state index >= 15 is 0 Å². The third-order valence-electron chi connectivity index (χ3n) is 3.37. The summed E-state index contributed by atoms with van der Waals surface area (Å²) in [5.74, 6) is -1.07. The molecule has 1 aromatic heterocycles. The number of thiophene rings is 1. The highest BCUT2D eigenvalue weighted by Crippen LogP contribution is 2.35. The SMILES string of the molecule is CC(C)(C)c1ccc(S(=O)(=O)N2CCCC2C(=O)O)s1. The molecule has 0 amide bonds. The average Bonchev–Trinajstić information content (AvgIpc) is 2.98. The molecular weight excluding hydrogens is 298 g/mol. The summed E-state index contributed by atoms with van der Waals surface area (Å²) < 4.78 is 26.5. The van der Waals surface area contributed by atoms with E-state index in [0.717, 1.165) is 9.18 Å². The van der Waals surface area contributed by atoms with Crippen molar-refractivity contribution in [2.24, 2.45) is 0 Å². The van der Waals surface area contributed by atoms with Gasteiger partial charge in [0.05, 0.1) is 0 Å². The lowest BCUT2D eigenvalue weighted by atomic mass is 9.95. The molecule has 20 heavy (non-hydrogen) atoms. The van der Waals surface area contributed by atoms with Gasteiger partial charge in [-0.15, -0.1) is 11.3 Å². The molecule has 0 bridgehead atoms. The molecule has 2 heterocycles. The van der Waals surface area contributed by atoms with Gasteiger partial charge in [0.25, 0.3) is 10.0 Å². The summed E-state index contributed by atoms with van der Waals surface area (Å²) in [6, 6.07) is 2.46. The fourth-order valence-electron chi connectivity index (χ4n) is 2.25. The van der Waals surface area contributed by atoms with Gasteiger partial charge in [0.2, 0.25) is 0 Å². The van der Waals surface area contributed by atoms with Gasteiger partial charge in [-0.3, -0.25) is 4.79 Å². The Morgan fingerprint density at radius 3 is 2.55 bits per heavy atom. The first-order chi connectivity index (χ1) is 9.14. The number of carboxylic acids is 1. The summed E-state index contributed by atoms with van der Waals surface area (Å²) in [4.78, 5) is 12.1. The molecule has 5 nitrogen and oxygen atoms in total. The third kappa shape index (κ3) is 2.75. The van der Waals surface area contributed by atoms with Crippen molar-refractivity contribution in [3.05, 3.63) is 17.0 Å². The summed E-state index contributed by atoms with van der Waals surface area (Å²) in [6.07, 6.45) is 0.972. The molecule has 1 fully saturated rings. The van der Waals surface area contributed by atoms with Crippen LogP contribution in [0.3, 0.4) is 0 Å². The molecule has 0 aromatic carbocycles. The lowest BCUT2D eigenvalue weighted by Crippen LogP contribution is -2.40. The maximum Gasteiger partial charge on any atom is 0.322 e. The zero-order valence-corrected chi connectivity index (χ0v) is 13.4. The predicted octanol–water partition coefficient (Wildman–Crippen LogP) is 2.28. The van der Waals surface area contributed by atoms with E-state index in [1.165, 1.54) is 11.3 Å². The van der Waals surface area contributed by atoms with Gasteiger partial charge >= 0.3 is 5.97 Å². The first kappa shape index (κ1) is 15.5. The second-order valence-electron chi connectivity index (χ2n) is 5.98. The van der Waals surface area contributed by atoms with Crippen LogP contribution in [0.4, 0.5) is 0 Å². The summed E-state index contributed by atoms with van der Waals surface area (Å²) in [6.45, 7) is 6.34. The van der Waals surface area contributed by atoms with Crippen LogP contribution in [0, 0.1) is 0 Å². The lowest BCUT2D eigenvalue weighted by Gasteiger charge is -2.20. The smallest absolute Gasteiger partial charge is 0.322 e. The molecule has 7 heteroatoms. The van der Waals surface area contributed by atoms with Crippen molar-refractivity contribution in [3.8, 4) is 0 Å². The summed E-state index contributed by atoms with van der Waals surface area (Å²) >= 11 is 1.22. The Balaban J connectivity index is 2.36. The van der Waals surface area contributed by atoms with Crippen molar-refractivity contribution >= 4 is 27.3 Å². The number of rotatable bonds is 3. The van der Waals surface area contributed by atoms with Gasteiger partial charge in [0.1, 0.15) is 10.3 Å². The Labute approximate surface area is 123 Å². The second kappa shape index (κ2) is 5.13. The van der Waals surface area contributed by atoms with Crippen LogP contribution in [-0.2, 0) is 20.2 Å². The van der Waals surface area contributed by atoms with Crippen molar-refractivity contribution in [2.75, 3.05) is 6.54 Å². The molecule has 0 aliphatic carbocycles. The first-order valence-electron chi connectivity index (χ1n) is 6.49. The van der Waals surface area contributed by atoms with Crippen molar-refractivity contribution < 1.29 is 18.3 Å². The molecule has 1 saturated heterocycles. The Morgan fingerprint density at radius 1 is 1.40 bits per heavy atom. The number of hydrogen-bond donors (Lipinski definition) is 1. The number of sulfonamides is 1. The van der Waals surface area contributed by atoms with E-state index in [0.29, 0.717) is 12.8 Å². The van der Waals surface area contributed by atoms with Crippen LogP contribution >= 0.6 is 11.3 Å². The van der Waals surface area contributed by atoms with Gasteiger partial charge < -0.3 is 5.11 Å². The van der Waals surface area contributed by atoms with E-state index in [1.807, 2.05) is 26.8 Å². The summed E-state index contributed by atoms with van der Waals surface area (Å²) in [5.41, 5.74) is -0.115. The van der Waals surface area contributed by atoms with Crippen LogP contribution in [0.25, 0.3) is 0 Å². The Hall–Kier alpha value is -0.920. The Bertz CT molecular complexity index is 613. The molecule has 1 aromatic rings. The zero-order valence-electron chi connectivity index (χ0n) is 11.8. The molecule has 2 rings (SSSR count). The van der Waals surface area contributed by atoms with E-state index in [4.69, 9.17) is 5.11 Å². The van der Waals surface area contributed by atoms with Crippen molar-refractivity contribution in [2.45, 2.75) is 49.3 Å². The minimum atomic E-state index is -3.70. The highest BCUT2D eigenvalue weighted by molar-refractivity contribution is 7.91. The third-order valence-corrected chi connectivity index (χ3v) is 7.26. The predicted molar refractivity (Wildman–Crippen MR) is 77.6 cm³/mol. The molecule has 1 aliphatic heterocycles. The first-order valence-corrected chi connectivity index (χ1v) is 8.74. The van der Waals surface area contributed by atoms with Gasteiger partial charge in [-0.1, -0.05) is 20.8 Å². The van der Waals surface area contributed by atoms with Crippen LogP contribution in [-0.4, -0.2) is 36.4 Å². The Morgan fingerprint density at radius 2 is 2.05 bits per heavy atom. The van der Waals surface area contributed by atoms with E-state index < -0.39 is 22.0 Å². The molecule has 1 unspecified atom stereocenters. The standard InChI is InChI=1S/C13H19NO4S2/c1-13(2,3)10-6-7-11(19-10)20(17,18)14-8-4-5-9(14)12(15)16/h6-7,9H,4-5,8H2,1-3H3,(H,15,16). The fraction of sp³-hybridized carbons (Fsp3) is 0.615. The van der Waals surface area contributed by atoms with Crippen LogP contribution in [0.2, 0.25) is 0 Å². The number of nitrogens with zero attached hydrogens (tertiary/aromatic N) is 1. The van der Waals surface area contributed by atoms with Crippen LogP contribution in [0.5, 0.6) is 0 Å². The molecule has 1 atom stereocenters. The molecule has 1 N–H and O–H groups in total. The summed E-state index contributed by atoms with van der Waals surface area (Å²) in [5, 5.41) is 9.13. The lowest BCUT2D eigenvalue weighted by molar-refractivity contribution is -0.140. The minimum absolute atomic E-state index is 0.115. The van der Waals surface area contributed by atoms with Crippen molar-refractivity contribution in [1.29, 1.82) is 0 Å². The minimum Gasteiger partial charge on any atom is -0.480 e. The van der Waals surface area contributed by atoms with Gasteiger partial charge in [-0.05, 0) is 30.4 Å². The zero-order chi connectivity index (χ0) is 15.1. The molecule has 0 radical (unpaired) electrons. The fourth-order valence-corrected chi connectivity index (χ4v) is 5.40. The maximum atomic E-state index is 12.6. The number of aliphatic carboxylic acids is 1. The van der Waals surface area contributed by atoms with Crippen LogP contribution < -0.4 is 0 Å². The second-order valence-corrected chi connectivity index (χ2v) is 9.18. The summed E-state index contributed by atoms with van der Waals surface area (Å²) in [7, 11) is -3.70. The van der Waals surface area contributed by atoms with Crippen molar-refractivity contribution in [3.63, 3.8) is 0 Å². The molecule has 112 valence electrons. The van der Waals surface area contributed by atoms with Gasteiger partial charge in [-0.25, -0.2) is 8.42 Å². The maximum absolute atomic E-state index is 12.6. The highest BCUT2D eigenvalue weighted by Gasteiger charge is 2.40. The normalized spacial score (nSPS) is 21.2.